The van der Waals surface area contributed by atoms with Gasteiger partial charge < -0.3 is 16.2 Å². The molecule has 1 aromatic rings. The highest BCUT2D eigenvalue weighted by Gasteiger charge is 2.38. The topological polar surface area (TPSA) is 78.6 Å². The minimum absolute atomic E-state index is 0.0678. The summed E-state index contributed by atoms with van der Waals surface area (Å²) in [6.07, 6.45) is 3.93. The van der Waals surface area contributed by atoms with E-state index in [0.29, 0.717) is 12.5 Å². The lowest BCUT2D eigenvalue weighted by Gasteiger charge is -2.23. The smallest absolute Gasteiger partial charge is 0.237 e. The van der Waals surface area contributed by atoms with Crippen LogP contribution in [0.4, 0.5) is 0 Å². The van der Waals surface area contributed by atoms with Crippen LogP contribution in [0.15, 0.2) is 24.3 Å². The van der Waals surface area contributed by atoms with Crippen molar-refractivity contribution >= 4 is 5.91 Å². The number of hydrogen-bond acceptors (Lipinski definition) is 4. The summed E-state index contributed by atoms with van der Waals surface area (Å²) in [7, 11) is 0. The van der Waals surface area contributed by atoms with Crippen molar-refractivity contribution in [2.75, 3.05) is 13.1 Å². The zero-order chi connectivity index (χ0) is 14.8. The minimum Gasteiger partial charge on any atom is -0.508 e. The van der Waals surface area contributed by atoms with Gasteiger partial charge in [-0.05, 0) is 49.9 Å². The predicted molar refractivity (Wildman–Crippen MR) is 80.9 cm³/mol. The highest BCUT2D eigenvalue weighted by atomic mass is 16.3. The quantitative estimate of drug-likeness (QED) is 0.759. The lowest BCUT2D eigenvalue weighted by atomic mass is 10.0. The number of aromatic hydroxyl groups is 1. The maximum absolute atomic E-state index is 12.3. The Balaban J connectivity index is 1.54. The Hall–Kier alpha value is -1.59. The van der Waals surface area contributed by atoms with Crippen LogP contribution in [0.25, 0.3) is 0 Å². The van der Waals surface area contributed by atoms with E-state index in [4.69, 9.17) is 5.73 Å². The van der Waals surface area contributed by atoms with Crippen molar-refractivity contribution in [3.05, 3.63) is 29.8 Å². The molecule has 5 nitrogen and oxygen atoms in total. The molecular formula is C16H23N3O2. The van der Waals surface area contributed by atoms with E-state index in [1.807, 2.05) is 0 Å². The summed E-state index contributed by atoms with van der Waals surface area (Å²) < 4.78 is 0. The van der Waals surface area contributed by atoms with Gasteiger partial charge in [0, 0.05) is 18.6 Å². The predicted octanol–water partition coefficient (Wildman–Crippen LogP) is 0.615. The molecule has 114 valence electrons. The number of phenolic OH excluding ortho intramolecular Hbond substituents is 1. The highest BCUT2D eigenvalue weighted by molar-refractivity contribution is 5.82. The first-order valence-electron chi connectivity index (χ1n) is 7.71. The number of benzene rings is 1. The number of nitrogens with two attached hydrogens (primary N) is 1. The van der Waals surface area contributed by atoms with Crippen LogP contribution in [0.2, 0.25) is 0 Å². The molecule has 2 aliphatic heterocycles. The van der Waals surface area contributed by atoms with E-state index in [0.717, 1.165) is 25.1 Å². The monoisotopic (exact) mass is 289 g/mol. The molecule has 0 radical (unpaired) electrons. The Morgan fingerprint density at radius 2 is 2.10 bits per heavy atom. The number of hydrogen-bond donors (Lipinski definition) is 3. The van der Waals surface area contributed by atoms with Crippen molar-refractivity contribution in [3.63, 3.8) is 0 Å². The summed E-state index contributed by atoms with van der Waals surface area (Å²) in [5.74, 6) is 0.158. The summed E-state index contributed by atoms with van der Waals surface area (Å²) in [5, 5.41) is 12.4. The van der Waals surface area contributed by atoms with E-state index in [-0.39, 0.29) is 17.7 Å². The first-order valence-corrected chi connectivity index (χ1v) is 7.71. The first-order chi connectivity index (χ1) is 10.1. The number of nitrogens with zero attached hydrogens (tertiary/aromatic N) is 1. The fourth-order valence-electron chi connectivity index (χ4n) is 3.52. The molecule has 0 aliphatic carbocycles. The third kappa shape index (κ3) is 3.19. The number of carbonyl (C=O) groups is 1. The average Bonchev–Trinajstić information content (AvgIpc) is 3.06. The Kier molecular flexibility index (Phi) is 4.12. The van der Waals surface area contributed by atoms with E-state index in [1.54, 1.807) is 24.3 Å². The summed E-state index contributed by atoms with van der Waals surface area (Å²) in [6, 6.07) is 7.07. The standard InChI is InChI=1S/C16H23N3O2/c17-13(10-11-3-5-12(20)6-4-11)16(21)18-14-7-9-19-8-1-2-15(14)19/h3-6,13-15,20H,1-2,7-10,17H2,(H,18,21)/t13-,14?,15?/m0/s1. The van der Waals surface area contributed by atoms with E-state index < -0.39 is 6.04 Å². The maximum atomic E-state index is 12.3. The van der Waals surface area contributed by atoms with Crippen LogP contribution in [0, 0.1) is 0 Å². The highest BCUT2D eigenvalue weighted by Crippen LogP contribution is 2.27. The molecule has 5 heteroatoms. The maximum Gasteiger partial charge on any atom is 0.237 e. The zero-order valence-electron chi connectivity index (χ0n) is 12.2. The zero-order valence-corrected chi connectivity index (χ0v) is 12.2. The van der Waals surface area contributed by atoms with Gasteiger partial charge in [0.1, 0.15) is 5.75 Å². The van der Waals surface area contributed by atoms with Gasteiger partial charge in [0.15, 0.2) is 0 Å². The SMILES string of the molecule is N[C@@H](Cc1ccc(O)cc1)C(=O)NC1CCN2CCCC12. The summed E-state index contributed by atoms with van der Waals surface area (Å²) in [5.41, 5.74) is 6.98. The Labute approximate surface area is 125 Å². The second-order valence-corrected chi connectivity index (χ2v) is 6.13. The van der Waals surface area contributed by atoms with Crippen molar-refractivity contribution in [3.8, 4) is 5.75 Å². The minimum atomic E-state index is -0.537. The van der Waals surface area contributed by atoms with Crippen LogP contribution in [0.3, 0.4) is 0 Å². The summed E-state index contributed by atoms with van der Waals surface area (Å²) in [4.78, 5) is 14.7. The molecule has 1 amide bonds. The molecule has 0 saturated carbocycles. The lowest BCUT2D eigenvalue weighted by Crippen LogP contribution is -2.49. The Bertz CT molecular complexity index is 503. The molecule has 2 fully saturated rings. The van der Waals surface area contributed by atoms with E-state index >= 15 is 0 Å². The number of rotatable bonds is 4. The molecule has 2 saturated heterocycles. The van der Waals surface area contributed by atoms with Crippen LogP contribution in [-0.2, 0) is 11.2 Å². The molecule has 4 N–H and O–H groups in total. The molecule has 2 aliphatic rings. The van der Waals surface area contributed by atoms with Crippen molar-refractivity contribution in [1.82, 2.24) is 10.2 Å². The number of nitrogens with one attached hydrogen (secondary N) is 1. The van der Waals surface area contributed by atoms with Gasteiger partial charge in [0.05, 0.1) is 6.04 Å². The molecule has 21 heavy (non-hydrogen) atoms. The number of phenols is 1. The third-order valence-corrected chi connectivity index (χ3v) is 4.66. The molecule has 0 spiro atoms. The molecule has 0 aromatic heterocycles. The van der Waals surface area contributed by atoms with Gasteiger partial charge in [-0.1, -0.05) is 12.1 Å². The first kappa shape index (κ1) is 14.4. The summed E-state index contributed by atoms with van der Waals surface area (Å²) >= 11 is 0. The van der Waals surface area contributed by atoms with Gasteiger partial charge in [0.2, 0.25) is 5.91 Å². The summed E-state index contributed by atoms with van der Waals surface area (Å²) in [6.45, 7) is 2.25. The molecule has 0 bridgehead atoms. The number of fused-ring (bicyclic) bond motifs is 1. The van der Waals surface area contributed by atoms with Crippen LogP contribution in [0.5, 0.6) is 5.75 Å². The van der Waals surface area contributed by atoms with Crippen LogP contribution >= 0.6 is 0 Å². The largest absolute Gasteiger partial charge is 0.508 e. The van der Waals surface area contributed by atoms with Crippen LogP contribution < -0.4 is 11.1 Å². The second-order valence-electron chi connectivity index (χ2n) is 6.13. The van der Waals surface area contributed by atoms with Crippen molar-refractivity contribution in [1.29, 1.82) is 0 Å². The van der Waals surface area contributed by atoms with Gasteiger partial charge in [-0.15, -0.1) is 0 Å². The van der Waals surface area contributed by atoms with E-state index in [1.165, 1.54) is 12.8 Å². The van der Waals surface area contributed by atoms with Crippen LogP contribution in [0.1, 0.15) is 24.8 Å². The van der Waals surface area contributed by atoms with Crippen LogP contribution in [-0.4, -0.2) is 47.1 Å². The Morgan fingerprint density at radius 1 is 1.33 bits per heavy atom. The third-order valence-electron chi connectivity index (χ3n) is 4.66. The van der Waals surface area contributed by atoms with Gasteiger partial charge in [0.25, 0.3) is 0 Å². The molecule has 3 rings (SSSR count). The van der Waals surface area contributed by atoms with Crippen molar-refractivity contribution in [2.24, 2.45) is 5.73 Å². The number of amides is 1. The second kappa shape index (κ2) is 6.03. The van der Waals surface area contributed by atoms with Crippen molar-refractivity contribution < 1.29 is 9.90 Å². The van der Waals surface area contributed by atoms with Gasteiger partial charge >= 0.3 is 0 Å². The molecular weight excluding hydrogens is 266 g/mol. The molecule has 3 atom stereocenters. The molecule has 2 heterocycles. The fraction of sp³-hybridized carbons (Fsp3) is 0.562. The fourth-order valence-corrected chi connectivity index (χ4v) is 3.52. The average molecular weight is 289 g/mol. The van der Waals surface area contributed by atoms with E-state index in [9.17, 15) is 9.90 Å². The van der Waals surface area contributed by atoms with E-state index in [2.05, 4.69) is 10.2 Å². The number of carbonyl (C=O) groups excluding carboxylic acids is 1. The molecule has 2 unspecified atom stereocenters. The van der Waals surface area contributed by atoms with Gasteiger partial charge in [-0.2, -0.15) is 0 Å². The van der Waals surface area contributed by atoms with Gasteiger partial charge in [-0.3, -0.25) is 9.69 Å². The van der Waals surface area contributed by atoms with Gasteiger partial charge in [-0.25, -0.2) is 0 Å². The molecule has 1 aromatic carbocycles. The lowest BCUT2D eigenvalue weighted by molar-refractivity contribution is -0.123. The normalized spacial score (nSPS) is 26.5. The van der Waals surface area contributed by atoms with Crippen molar-refractivity contribution in [2.45, 2.75) is 43.8 Å². The Morgan fingerprint density at radius 3 is 2.86 bits per heavy atom.